The molecule has 0 unspecified atom stereocenters. The normalized spacial score (nSPS) is 9.24. The smallest absolute Gasteiger partial charge is 0.744 e. The first kappa shape index (κ1) is 21.5. The second-order valence-electron chi connectivity index (χ2n) is 2.43. The van der Waals surface area contributed by atoms with Crippen molar-refractivity contribution < 1.29 is 58.4 Å². The summed E-state index contributed by atoms with van der Waals surface area (Å²) in [7, 11) is -4.77. The molecule has 9 nitrogen and oxygen atoms in total. The Balaban J connectivity index is -0.000000653. The molecular formula is C6H9N2NaO7S. The number of non-ortho nitro benzene ring substituents is 1. The maximum atomic E-state index is 10.6. The Bertz CT molecular complexity index is 489. The maximum absolute atomic E-state index is 10.6. The molecule has 0 aromatic heterocycles. The number of nitrogen functional groups attached to an aromatic ring is 1. The molecule has 17 heavy (non-hydrogen) atoms. The summed E-state index contributed by atoms with van der Waals surface area (Å²) in [6.07, 6.45) is 0. The van der Waals surface area contributed by atoms with E-state index in [1.54, 1.807) is 0 Å². The predicted octanol–water partition coefficient (Wildman–Crippen LogP) is -4.56. The summed E-state index contributed by atoms with van der Waals surface area (Å²) >= 11 is 0. The molecule has 1 rings (SSSR count). The van der Waals surface area contributed by atoms with Gasteiger partial charge in [0.2, 0.25) is 0 Å². The topological polar surface area (TPSA) is 189 Å². The van der Waals surface area contributed by atoms with Crippen molar-refractivity contribution in [2.45, 2.75) is 4.90 Å². The van der Waals surface area contributed by atoms with Crippen LogP contribution >= 0.6 is 0 Å². The van der Waals surface area contributed by atoms with Gasteiger partial charge in [-0.05, 0) is 6.07 Å². The van der Waals surface area contributed by atoms with Crippen LogP contribution in [0.5, 0.6) is 0 Å². The van der Waals surface area contributed by atoms with Gasteiger partial charge in [-0.2, -0.15) is 0 Å². The third-order valence-electron chi connectivity index (χ3n) is 1.48. The Labute approximate surface area is 118 Å². The molecule has 1 aromatic carbocycles. The first-order valence-electron chi connectivity index (χ1n) is 3.32. The van der Waals surface area contributed by atoms with Crippen LogP contribution in [0.3, 0.4) is 0 Å². The van der Waals surface area contributed by atoms with Crippen molar-refractivity contribution in [3.05, 3.63) is 28.3 Å². The zero-order valence-electron chi connectivity index (χ0n) is 8.71. The molecule has 1 aromatic rings. The molecule has 0 heterocycles. The molecule has 0 aliphatic carbocycles. The fraction of sp³-hybridized carbons (Fsp3) is 0. The van der Waals surface area contributed by atoms with Crippen molar-refractivity contribution >= 4 is 21.5 Å². The Morgan fingerprint density at radius 2 is 1.71 bits per heavy atom. The molecule has 0 fully saturated rings. The van der Waals surface area contributed by atoms with Gasteiger partial charge in [-0.1, -0.05) is 0 Å². The van der Waals surface area contributed by atoms with Crippen LogP contribution in [0.1, 0.15) is 0 Å². The van der Waals surface area contributed by atoms with E-state index in [1.807, 2.05) is 0 Å². The average Bonchev–Trinajstić information content (AvgIpc) is 2.02. The van der Waals surface area contributed by atoms with E-state index in [-0.39, 0.29) is 46.2 Å². The number of benzene rings is 1. The van der Waals surface area contributed by atoms with Crippen LogP contribution in [0, 0.1) is 10.1 Å². The van der Waals surface area contributed by atoms with E-state index < -0.39 is 25.6 Å². The van der Waals surface area contributed by atoms with E-state index in [1.165, 1.54) is 0 Å². The summed E-state index contributed by atoms with van der Waals surface area (Å²) in [6.45, 7) is 0. The molecule has 0 bridgehead atoms. The molecule has 0 spiro atoms. The minimum absolute atomic E-state index is 0. The SMILES string of the molecule is Nc1ccc([N+](=O)[O-])cc1S(=O)(=O)[O-].O.O.[Na+]. The number of hydrogen-bond donors (Lipinski definition) is 1. The van der Waals surface area contributed by atoms with Crippen molar-refractivity contribution in [2.75, 3.05) is 5.73 Å². The van der Waals surface area contributed by atoms with Gasteiger partial charge in [0.05, 0.1) is 9.82 Å². The Morgan fingerprint density at radius 1 is 1.24 bits per heavy atom. The zero-order chi connectivity index (χ0) is 10.9. The van der Waals surface area contributed by atoms with E-state index in [4.69, 9.17) is 5.73 Å². The van der Waals surface area contributed by atoms with Gasteiger partial charge in [0.25, 0.3) is 5.69 Å². The van der Waals surface area contributed by atoms with Gasteiger partial charge >= 0.3 is 29.6 Å². The van der Waals surface area contributed by atoms with Crippen LogP contribution < -0.4 is 35.3 Å². The number of nitro benzene ring substituents is 1. The summed E-state index contributed by atoms with van der Waals surface area (Å²) < 4.78 is 31.7. The summed E-state index contributed by atoms with van der Waals surface area (Å²) in [5.41, 5.74) is 4.38. The summed E-state index contributed by atoms with van der Waals surface area (Å²) in [6, 6.07) is 2.66. The van der Waals surface area contributed by atoms with Gasteiger partial charge in [-0.3, -0.25) is 10.1 Å². The van der Waals surface area contributed by atoms with E-state index in [0.717, 1.165) is 12.1 Å². The molecule has 92 valence electrons. The van der Waals surface area contributed by atoms with Gasteiger partial charge < -0.3 is 21.2 Å². The Kier molecular flexibility index (Phi) is 9.56. The van der Waals surface area contributed by atoms with Gasteiger partial charge in [0, 0.05) is 17.8 Å². The van der Waals surface area contributed by atoms with Gasteiger partial charge in [0.1, 0.15) is 10.1 Å². The zero-order valence-corrected chi connectivity index (χ0v) is 11.5. The maximum Gasteiger partial charge on any atom is 1.00 e. The second-order valence-corrected chi connectivity index (χ2v) is 3.78. The van der Waals surface area contributed by atoms with Gasteiger partial charge in [0.15, 0.2) is 0 Å². The first-order chi connectivity index (χ1) is 6.32. The fourth-order valence-corrected chi connectivity index (χ4v) is 1.47. The van der Waals surface area contributed by atoms with Crippen molar-refractivity contribution in [1.29, 1.82) is 0 Å². The van der Waals surface area contributed by atoms with Gasteiger partial charge in [-0.25, -0.2) is 8.42 Å². The van der Waals surface area contributed by atoms with Crippen LogP contribution in [0.2, 0.25) is 0 Å². The van der Waals surface area contributed by atoms with E-state index >= 15 is 0 Å². The molecule has 0 amide bonds. The predicted molar refractivity (Wildman–Crippen MR) is 52.7 cm³/mol. The monoisotopic (exact) mass is 276 g/mol. The quantitative estimate of drug-likeness (QED) is 0.186. The average molecular weight is 276 g/mol. The number of anilines is 1. The van der Waals surface area contributed by atoms with Crippen molar-refractivity contribution in [3.8, 4) is 0 Å². The molecule has 0 saturated heterocycles. The molecule has 6 N–H and O–H groups in total. The number of nitro groups is 1. The van der Waals surface area contributed by atoms with E-state index in [9.17, 15) is 23.1 Å². The molecule has 0 radical (unpaired) electrons. The number of nitrogens with zero attached hydrogens (tertiary/aromatic N) is 1. The minimum atomic E-state index is -4.77. The molecule has 11 heteroatoms. The first-order valence-corrected chi connectivity index (χ1v) is 4.73. The van der Waals surface area contributed by atoms with E-state index in [2.05, 4.69) is 0 Å². The molecule has 0 aliphatic heterocycles. The fourth-order valence-electron chi connectivity index (χ4n) is 0.853. The van der Waals surface area contributed by atoms with Crippen LogP contribution in [0.4, 0.5) is 11.4 Å². The molecule has 0 saturated carbocycles. The van der Waals surface area contributed by atoms with Crippen LogP contribution in [-0.4, -0.2) is 28.8 Å². The molecular weight excluding hydrogens is 267 g/mol. The summed E-state index contributed by atoms with van der Waals surface area (Å²) in [5.74, 6) is 0. The van der Waals surface area contributed by atoms with E-state index in [0.29, 0.717) is 6.07 Å². The van der Waals surface area contributed by atoms with Crippen molar-refractivity contribution in [1.82, 2.24) is 0 Å². The number of hydrogen-bond acceptors (Lipinski definition) is 6. The van der Waals surface area contributed by atoms with Crippen molar-refractivity contribution in [2.24, 2.45) is 0 Å². The van der Waals surface area contributed by atoms with Crippen LogP contribution in [0.15, 0.2) is 23.1 Å². The molecule has 0 aliphatic rings. The third kappa shape index (κ3) is 5.41. The Morgan fingerprint density at radius 3 is 2.06 bits per heavy atom. The third-order valence-corrected chi connectivity index (χ3v) is 2.37. The Hall–Kier alpha value is -0.750. The van der Waals surface area contributed by atoms with Crippen molar-refractivity contribution in [3.63, 3.8) is 0 Å². The number of rotatable bonds is 2. The molecule has 0 atom stereocenters. The number of nitrogens with two attached hydrogens (primary N) is 1. The largest absolute Gasteiger partial charge is 1.00 e. The summed E-state index contributed by atoms with van der Waals surface area (Å²) in [5, 5.41) is 10.3. The minimum Gasteiger partial charge on any atom is -0.744 e. The van der Waals surface area contributed by atoms with Gasteiger partial charge in [-0.15, -0.1) is 0 Å². The van der Waals surface area contributed by atoms with Crippen LogP contribution in [0.25, 0.3) is 0 Å². The standard InChI is InChI=1S/C6H6N2O5S.Na.2H2O/c7-5-2-1-4(8(9)10)3-6(5)14(11,12)13;;;/h1-3H,7H2,(H,11,12,13);;2*1H2/q;+1;;/p-1. The summed E-state index contributed by atoms with van der Waals surface area (Å²) in [4.78, 5) is 8.68. The van der Waals surface area contributed by atoms with Crippen LogP contribution in [-0.2, 0) is 10.1 Å². The second kappa shape index (κ2) is 7.55.